The summed E-state index contributed by atoms with van der Waals surface area (Å²) in [4.78, 5) is 12.5. The van der Waals surface area contributed by atoms with E-state index < -0.39 is 50.2 Å². The van der Waals surface area contributed by atoms with E-state index >= 15 is 0 Å². The highest BCUT2D eigenvalue weighted by Gasteiger charge is 2.58. The van der Waals surface area contributed by atoms with Crippen molar-refractivity contribution < 1.29 is 42.6 Å². The number of hydrogen-bond donors (Lipinski definition) is 4. The number of unbranched alkanes of at least 4 members (excludes halogenated alkanes) is 15. The SMILES string of the molecule is CCCCCCCCCCCCCCCCCCOC[C@H](COP(=O)(O)OC[C@H]1O[C@@](C#N)(c2ccc3c(N)ccnn23)[C@H](O)[C@@H]1O)N(C)Cc1ccc(F)c(Cl)c1. The Hall–Kier alpha value is -2.67. The van der Waals surface area contributed by atoms with Gasteiger partial charge in [0, 0.05) is 19.3 Å². The first-order chi connectivity index (χ1) is 27.9. The highest BCUT2D eigenvalue weighted by Crippen LogP contribution is 2.46. The van der Waals surface area contributed by atoms with E-state index in [1.165, 1.54) is 112 Å². The molecule has 1 unspecified atom stereocenters. The number of ether oxygens (including phenoxy) is 2. The summed E-state index contributed by atoms with van der Waals surface area (Å²) in [5, 5.41) is 36.2. The fraction of sp³-hybridized carbons (Fsp3) is 0.667. The molecule has 5 N–H and O–H groups in total. The van der Waals surface area contributed by atoms with Gasteiger partial charge in [0.1, 0.15) is 30.2 Å². The maximum atomic E-state index is 13.8. The Kier molecular flexibility index (Phi) is 20.3. The molecule has 0 spiro atoms. The third-order valence-corrected chi connectivity index (χ3v) is 12.2. The van der Waals surface area contributed by atoms with Crippen LogP contribution < -0.4 is 5.73 Å². The number of phosphoric acid groups is 1. The zero-order chi connectivity index (χ0) is 42.0. The molecule has 0 amide bonds. The van der Waals surface area contributed by atoms with Crippen LogP contribution in [0, 0.1) is 17.1 Å². The molecule has 1 fully saturated rings. The first-order valence-corrected chi connectivity index (χ1v) is 22.8. The number of aromatic nitrogens is 2. The highest BCUT2D eigenvalue weighted by molar-refractivity contribution is 7.47. The molecule has 324 valence electrons. The van der Waals surface area contributed by atoms with Crippen molar-refractivity contribution in [3.8, 4) is 6.07 Å². The second-order valence-electron chi connectivity index (χ2n) is 15.5. The fourth-order valence-electron chi connectivity index (χ4n) is 7.35. The van der Waals surface area contributed by atoms with Crippen LogP contribution in [0.3, 0.4) is 0 Å². The van der Waals surface area contributed by atoms with Gasteiger partial charge < -0.3 is 30.3 Å². The maximum Gasteiger partial charge on any atom is 0.472 e. The highest BCUT2D eigenvalue weighted by atomic mass is 35.5. The van der Waals surface area contributed by atoms with Gasteiger partial charge in [-0.15, -0.1) is 0 Å². The van der Waals surface area contributed by atoms with Crippen molar-refractivity contribution in [1.82, 2.24) is 14.5 Å². The minimum absolute atomic E-state index is 0.0147. The van der Waals surface area contributed by atoms with Gasteiger partial charge in [0.15, 0.2) is 0 Å². The predicted octanol–water partition coefficient (Wildman–Crippen LogP) is 8.46. The molecule has 0 radical (unpaired) electrons. The normalized spacial score (nSPS) is 21.1. The number of nitrogens with zero attached hydrogens (tertiary/aromatic N) is 4. The van der Waals surface area contributed by atoms with E-state index in [0.29, 0.717) is 24.4 Å². The quantitative estimate of drug-likeness (QED) is 0.0387. The third-order valence-electron chi connectivity index (χ3n) is 10.9. The molecule has 4 rings (SSSR count). The van der Waals surface area contributed by atoms with Gasteiger partial charge >= 0.3 is 7.82 Å². The number of fused-ring (bicyclic) bond motifs is 1. The van der Waals surface area contributed by atoms with Gasteiger partial charge in [-0.3, -0.25) is 13.9 Å². The standard InChI is InChI=1S/C42H64ClFN5O8P/c1-3-4-5-6-7-8-9-10-11-12-13-14-15-16-17-18-25-54-28-33(48(2)27-32-19-20-35(44)34(43)26-32)29-55-58(52,53)56-30-38-40(50)41(51)42(31-45,57-38)39-22-21-37-36(46)23-24-47-49(37)39/h19-24,26,33,38,40-41,50-51H,3-18,25,27-30,46H2,1-2H3,(H,52,53)/t33-,38-,40-,41-,42+/m1/s1. The van der Waals surface area contributed by atoms with Crippen LogP contribution in [-0.4, -0.2) is 87.4 Å². The Bertz CT molecular complexity index is 1770. The number of likely N-dealkylation sites (N-methyl/N-ethyl adjacent to an activating group) is 1. The van der Waals surface area contributed by atoms with E-state index in [9.17, 15) is 29.3 Å². The van der Waals surface area contributed by atoms with E-state index in [-0.39, 0.29) is 23.9 Å². The van der Waals surface area contributed by atoms with Crippen molar-refractivity contribution in [1.29, 1.82) is 5.26 Å². The molecule has 16 heteroatoms. The molecule has 1 aromatic carbocycles. The number of aliphatic hydroxyl groups is 2. The lowest BCUT2D eigenvalue weighted by Crippen LogP contribution is -2.41. The van der Waals surface area contributed by atoms with Crippen molar-refractivity contribution in [2.45, 2.75) is 146 Å². The van der Waals surface area contributed by atoms with Crippen molar-refractivity contribution in [2.75, 3.05) is 39.2 Å². The van der Waals surface area contributed by atoms with Crippen LogP contribution in [-0.2, 0) is 35.2 Å². The zero-order valence-electron chi connectivity index (χ0n) is 34.2. The van der Waals surface area contributed by atoms with Gasteiger partial charge in [-0.25, -0.2) is 13.5 Å². The molecule has 58 heavy (non-hydrogen) atoms. The molecule has 3 aromatic rings. The van der Waals surface area contributed by atoms with Crippen LogP contribution in [0.25, 0.3) is 5.52 Å². The monoisotopic (exact) mass is 851 g/mol. The average molecular weight is 852 g/mol. The molecule has 0 bridgehead atoms. The van der Waals surface area contributed by atoms with Gasteiger partial charge in [-0.05, 0) is 49.4 Å². The number of aliphatic hydroxyl groups excluding tert-OH is 2. The van der Waals surface area contributed by atoms with Gasteiger partial charge in [0.25, 0.3) is 0 Å². The lowest BCUT2D eigenvalue weighted by atomic mass is 9.92. The van der Waals surface area contributed by atoms with E-state index in [0.717, 1.165) is 24.8 Å². The molecular weight excluding hydrogens is 788 g/mol. The van der Waals surface area contributed by atoms with Gasteiger partial charge in [0.05, 0.1) is 47.8 Å². The maximum absolute atomic E-state index is 13.8. The van der Waals surface area contributed by atoms with E-state index in [1.54, 1.807) is 25.2 Å². The van der Waals surface area contributed by atoms with Gasteiger partial charge in [-0.1, -0.05) is 121 Å². The second-order valence-corrected chi connectivity index (χ2v) is 17.4. The summed E-state index contributed by atoms with van der Waals surface area (Å²) in [6, 6.07) is 10.5. The van der Waals surface area contributed by atoms with Crippen LogP contribution in [0.5, 0.6) is 0 Å². The summed E-state index contributed by atoms with van der Waals surface area (Å²) in [6.45, 7) is 2.30. The second kappa shape index (κ2) is 24.6. The molecule has 1 saturated heterocycles. The Labute approximate surface area is 348 Å². The molecule has 0 saturated carbocycles. The first-order valence-electron chi connectivity index (χ1n) is 20.9. The van der Waals surface area contributed by atoms with E-state index in [2.05, 4.69) is 12.0 Å². The number of halogens is 2. The Morgan fingerprint density at radius 2 is 1.60 bits per heavy atom. The predicted molar refractivity (Wildman–Crippen MR) is 223 cm³/mol. The van der Waals surface area contributed by atoms with Crippen LogP contribution in [0.15, 0.2) is 42.6 Å². The summed E-state index contributed by atoms with van der Waals surface area (Å²) < 4.78 is 50.8. The molecule has 3 heterocycles. The van der Waals surface area contributed by atoms with Gasteiger partial charge in [0.2, 0.25) is 5.60 Å². The van der Waals surface area contributed by atoms with Crippen molar-refractivity contribution >= 4 is 30.6 Å². The van der Waals surface area contributed by atoms with Crippen LogP contribution >= 0.6 is 19.4 Å². The number of nitrogen functional groups attached to an aromatic ring is 1. The lowest BCUT2D eigenvalue weighted by Gasteiger charge is -2.28. The molecule has 6 atom stereocenters. The molecule has 1 aliphatic heterocycles. The molecular formula is C42H64ClFN5O8P. The summed E-state index contributed by atoms with van der Waals surface area (Å²) in [5.74, 6) is -0.535. The Morgan fingerprint density at radius 3 is 2.21 bits per heavy atom. The number of rotatable bonds is 29. The van der Waals surface area contributed by atoms with Crippen LogP contribution in [0.2, 0.25) is 5.02 Å². The molecule has 13 nitrogen and oxygen atoms in total. The lowest BCUT2D eigenvalue weighted by molar-refractivity contribution is -0.0649. The average Bonchev–Trinajstić information content (AvgIpc) is 3.75. The Morgan fingerprint density at radius 1 is 0.983 bits per heavy atom. The molecule has 0 aliphatic carbocycles. The topological polar surface area (TPSA) is 185 Å². The number of anilines is 1. The van der Waals surface area contributed by atoms with E-state index in [4.69, 9.17) is 35.9 Å². The van der Waals surface area contributed by atoms with Crippen molar-refractivity contribution in [2.24, 2.45) is 0 Å². The summed E-state index contributed by atoms with van der Waals surface area (Å²) in [6.07, 6.45) is 17.0. The largest absolute Gasteiger partial charge is 0.472 e. The summed E-state index contributed by atoms with van der Waals surface area (Å²) in [5.41, 5.74) is 5.61. The summed E-state index contributed by atoms with van der Waals surface area (Å²) in [7, 11) is -2.98. The van der Waals surface area contributed by atoms with Crippen molar-refractivity contribution in [3.05, 3.63) is 64.7 Å². The third kappa shape index (κ3) is 14.2. The number of phosphoric ester groups is 1. The summed E-state index contributed by atoms with van der Waals surface area (Å²) >= 11 is 6.01. The Balaban J connectivity index is 1.21. The number of benzene rings is 1. The molecule has 2 aromatic heterocycles. The molecule has 1 aliphatic rings. The minimum atomic E-state index is -4.76. The van der Waals surface area contributed by atoms with Crippen LogP contribution in [0.4, 0.5) is 10.1 Å². The van der Waals surface area contributed by atoms with E-state index in [1.807, 2.05) is 11.0 Å². The van der Waals surface area contributed by atoms with Crippen LogP contribution in [0.1, 0.15) is 121 Å². The number of hydrogen-bond acceptors (Lipinski definition) is 11. The zero-order valence-corrected chi connectivity index (χ0v) is 35.8. The fourth-order valence-corrected chi connectivity index (χ4v) is 8.32. The number of nitrogens with two attached hydrogens (primary N) is 1. The van der Waals surface area contributed by atoms with Gasteiger partial charge in [-0.2, -0.15) is 10.4 Å². The first kappa shape index (κ1) is 48.0. The number of nitriles is 1. The van der Waals surface area contributed by atoms with Crippen molar-refractivity contribution in [3.63, 3.8) is 0 Å². The minimum Gasteiger partial charge on any atom is -0.397 e. The smallest absolute Gasteiger partial charge is 0.397 e.